The number of carbonyl (C=O) groups excluding carboxylic acids is 1. The molecule has 0 bridgehead atoms. The van der Waals surface area contributed by atoms with Crippen molar-refractivity contribution in [3.63, 3.8) is 0 Å². The second kappa shape index (κ2) is 8.27. The van der Waals surface area contributed by atoms with Gasteiger partial charge in [-0.2, -0.15) is 0 Å². The fourth-order valence-electron chi connectivity index (χ4n) is 2.40. The minimum absolute atomic E-state index is 0.00491. The molecular formula is C18H23N3O2. The Hall–Kier alpha value is -2.43. The number of nitrogens with one attached hydrogen (secondary N) is 1. The first kappa shape index (κ1) is 16.9. The van der Waals surface area contributed by atoms with Gasteiger partial charge in [0.2, 0.25) is 5.91 Å². The lowest BCUT2D eigenvalue weighted by atomic mass is 10.0. The molecule has 1 aromatic heterocycles. The average Bonchev–Trinajstić information content (AvgIpc) is 2.55. The highest BCUT2D eigenvalue weighted by Crippen LogP contribution is 2.26. The van der Waals surface area contributed by atoms with Gasteiger partial charge >= 0.3 is 0 Å². The van der Waals surface area contributed by atoms with Crippen molar-refractivity contribution in [2.45, 2.75) is 39.7 Å². The summed E-state index contributed by atoms with van der Waals surface area (Å²) >= 11 is 0. The van der Waals surface area contributed by atoms with E-state index in [2.05, 4.69) is 21.4 Å². The Morgan fingerprint density at radius 1 is 1.30 bits per heavy atom. The first-order valence-corrected chi connectivity index (χ1v) is 7.86. The number of carbonyl (C=O) groups is 1. The predicted molar refractivity (Wildman–Crippen MR) is 89.3 cm³/mol. The van der Waals surface area contributed by atoms with Gasteiger partial charge < -0.3 is 10.1 Å². The van der Waals surface area contributed by atoms with Gasteiger partial charge in [0.1, 0.15) is 12.1 Å². The number of rotatable bonds is 7. The molecule has 0 aliphatic rings. The summed E-state index contributed by atoms with van der Waals surface area (Å²) in [6, 6.07) is 5.92. The number of ether oxygens (including phenoxy) is 1. The van der Waals surface area contributed by atoms with E-state index in [1.54, 1.807) is 12.4 Å². The lowest BCUT2D eigenvalue weighted by Gasteiger charge is -2.18. The minimum Gasteiger partial charge on any atom is -0.494 e. The summed E-state index contributed by atoms with van der Waals surface area (Å²) in [5.41, 5.74) is 3.11. The van der Waals surface area contributed by atoms with E-state index in [0.29, 0.717) is 19.4 Å². The Labute approximate surface area is 137 Å². The highest BCUT2D eigenvalue weighted by molar-refractivity contribution is 5.76. The standard InChI is InChI=1S/C18H23N3O2/c1-4-23-17-7-5-13(2)9-16(17)14(3)21-18(22)8-6-15-10-19-12-20-11-15/h5,7,9-12,14H,4,6,8H2,1-3H3,(H,21,22). The average molecular weight is 313 g/mol. The van der Waals surface area contributed by atoms with Crippen molar-refractivity contribution in [3.05, 3.63) is 53.6 Å². The Balaban J connectivity index is 1.96. The van der Waals surface area contributed by atoms with Crippen molar-refractivity contribution in [3.8, 4) is 5.75 Å². The molecule has 2 aromatic rings. The molecular weight excluding hydrogens is 290 g/mol. The molecule has 0 spiro atoms. The third-order valence-corrected chi connectivity index (χ3v) is 3.56. The third kappa shape index (κ3) is 5.06. The zero-order valence-corrected chi connectivity index (χ0v) is 13.9. The van der Waals surface area contributed by atoms with Crippen LogP contribution in [0.5, 0.6) is 5.75 Å². The van der Waals surface area contributed by atoms with Gasteiger partial charge in [0.25, 0.3) is 0 Å². The SMILES string of the molecule is CCOc1ccc(C)cc1C(C)NC(=O)CCc1cncnc1. The predicted octanol–water partition coefficient (Wildman–Crippen LogP) is 2.99. The summed E-state index contributed by atoms with van der Waals surface area (Å²) in [6.07, 6.45) is 5.99. The number of hydrogen-bond acceptors (Lipinski definition) is 4. The molecule has 1 atom stereocenters. The second-order valence-corrected chi connectivity index (χ2v) is 5.51. The quantitative estimate of drug-likeness (QED) is 0.853. The topological polar surface area (TPSA) is 64.1 Å². The lowest BCUT2D eigenvalue weighted by molar-refractivity contribution is -0.121. The van der Waals surface area contributed by atoms with Crippen LogP contribution in [0.2, 0.25) is 0 Å². The number of nitrogens with zero attached hydrogens (tertiary/aromatic N) is 2. The van der Waals surface area contributed by atoms with Crippen LogP contribution in [0.3, 0.4) is 0 Å². The number of aromatic nitrogens is 2. The lowest BCUT2D eigenvalue weighted by Crippen LogP contribution is -2.27. The van der Waals surface area contributed by atoms with Gasteiger partial charge in [0.15, 0.2) is 0 Å². The molecule has 0 fully saturated rings. The van der Waals surface area contributed by atoms with Crippen LogP contribution < -0.4 is 10.1 Å². The van der Waals surface area contributed by atoms with Crippen LogP contribution in [0.4, 0.5) is 0 Å². The largest absolute Gasteiger partial charge is 0.494 e. The summed E-state index contributed by atoms with van der Waals surface area (Å²) in [7, 11) is 0. The van der Waals surface area contributed by atoms with E-state index in [1.165, 1.54) is 6.33 Å². The van der Waals surface area contributed by atoms with Crippen LogP contribution in [0, 0.1) is 6.92 Å². The van der Waals surface area contributed by atoms with Crippen LogP contribution >= 0.6 is 0 Å². The molecule has 0 saturated heterocycles. The van der Waals surface area contributed by atoms with Crippen molar-refractivity contribution in [1.82, 2.24) is 15.3 Å². The third-order valence-electron chi connectivity index (χ3n) is 3.56. The molecule has 1 unspecified atom stereocenters. The minimum atomic E-state index is -0.101. The molecule has 5 heteroatoms. The number of amides is 1. The Morgan fingerprint density at radius 2 is 2.04 bits per heavy atom. The molecule has 0 aliphatic heterocycles. The maximum atomic E-state index is 12.2. The molecule has 0 saturated carbocycles. The van der Waals surface area contributed by atoms with Gasteiger partial charge in [0, 0.05) is 24.4 Å². The van der Waals surface area contributed by atoms with Gasteiger partial charge in [-0.3, -0.25) is 4.79 Å². The zero-order chi connectivity index (χ0) is 16.7. The summed E-state index contributed by atoms with van der Waals surface area (Å²) in [5.74, 6) is 0.827. The molecule has 23 heavy (non-hydrogen) atoms. The van der Waals surface area contributed by atoms with Crippen LogP contribution in [-0.2, 0) is 11.2 Å². The highest BCUT2D eigenvalue weighted by atomic mass is 16.5. The van der Waals surface area contributed by atoms with E-state index in [0.717, 1.165) is 22.4 Å². The fourth-order valence-corrected chi connectivity index (χ4v) is 2.40. The van der Waals surface area contributed by atoms with Crippen LogP contribution in [0.25, 0.3) is 0 Å². The van der Waals surface area contributed by atoms with Gasteiger partial charge in [-0.1, -0.05) is 17.7 Å². The summed E-state index contributed by atoms with van der Waals surface area (Å²) in [6.45, 7) is 6.56. The Bertz CT molecular complexity index is 644. The number of benzene rings is 1. The molecule has 122 valence electrons. The maximum Gasteiger partial charge on any atom is 0.220 e. The van der Waals surface area contributed by atoms with Gasteiger partial charge in [0.05, 0.1) is 12.6 Å². The van der Waals surface area contributed by atoms with E-state index < -0.39 is 0 Å². The van der Waals surface area contributed by atoms with Crippen molar-refractivity contribution in [1.29, 1.82) is 0 Å². The van der Waals surface area contributed by atoms with Crippen LogP contribution in [0.1, 0.15) is 43.0 Å². The monoisotopic (exact) mass is 313 g/mol. The first-order chi connectivity index (χ1) is 11.1. The van der Waals surface area contributed by atoms with Crippen molar-refractivity contribution in [2.75, 3.05) is 6.61 Å². The van der Waals surface area contributed by atoms with Crippen LogP contribution in [0.15, 0.2) is 36.9 Å². The van der Waals surface area contributed by atoms with E-state index in [1.807, 2.05) is 32.9 Å². The Kier molecular flexibility index (Phi) is 6.09. The molecule has 5 nitrogen and oxygen atoms in total. The zero-order valence-electron chi connectivity index (χ0n) is 13.9. The number of hydrogen-bond donors (Lipinski definition) is 1. The van der Waals surface area contributed by atoms with Crippen molar-refractivity contribution < 1.29 is 9.53 Å². The van der Waals surface area contributed by atoms with E-state index in [4.69, 9.17) is 4.74 Å². The summed E-state index contributed by atoms with van der Waals surface area (Å²) < 4.78 is 5.66. The Morgan fingerprint density at radius 3 is 2.74 bits per heavy atom. The number of aryl methyl sites for hydroxylation is 2. The molecule has 0 aliphatic carbocycles. The van der Waals surface area contributed by atoms with E-state index >= 15 is 0 Å². The molecule has 1 aromatic carbocycles. The fraction of sp³-hybridized carbons (Fsp3) is 0.389. The second-order valence-electron chi connectivity index (χ2n) is 5.51. The molecule has 2 rings (SSSR count). The van der Waals surface area contributed by atoms with Crippen molar-refractivity contribution >= 4 is 5.91 Å². The van der Waals surface area contributed by atoms with Crippen LogP contribution in [-0.4, -0.2) is 22.5 Å². The molecule has 1 N–H and O–H groups in total. The summed E-state index contributed by atoms with van der Waals surface area (Å²) in [5, 5.41) is 3.03. The summed E-state index contributed by atoms with van der Waals surface area (Å²) in [4.78, 5) is 20.1. The smallest absolute Gasteiger partial charge is 0.220 e. The normalized spacial score (nSPS) is 11.8. The molecule has 1 amide bonds. The van der Waals surface area contributed by atoms with Gasteiger partial charge in [-0.05, 0) is 38.8 Å². The highest BCUT2D eigenvalue weighted by Gasteiger charge is 2.14. The van der Waals surface area contributed by atoms with Gasteiger partial charge in [-0.25, -0.2) is 9.97 Å². The van der Waals surface area contributed by atoms with E-state index in [-0.39, 0.29) is 11.9 Å². The molecule has 1 heterocycles. The van der Waals surface area contributed by atoms with Crippen molar-refractivity contribution in [2.24, 2.45) is 0 Å². The molecule has 0 radical (unpaired) electrons. The first-order valence-electron chi connectivity index (χ1n) is 7.86. The van der Waals surface area contributed by atoms with Gasteiger partial charge in [-0.15, -0.1) is 0 Å². The maximum absolute atomic E-state index is 12.2. The van der Waals surface area contributed by atoms with E-state index in [9.17, 15) is 4.79 Å².